The first-order chi connectivity index (χ1) is 7.77. The van der Waals surface area contributed by atoms with Crippen molar-refractivity contribution in [1.82, 2.24) is 0 Å². The highest BCUT2D eigenvalue weighted by atomic mass is 16.3. The van der Waals surface area contributed by atoms with Gasteiger partial charge >= 0.3 is 0 Å². The van der Waals surface area contributed by atoms with Gasteiger partial charge in [-0.2, -0.15) is 0 Å². The van der Waals surface area contributed by atoms with Crippen molar-refractivity contribution in [3.63, 3.8) is 0 Å². The molecule has 2 rings (SSSR count). The molecule has 0 aromatic heterocycles. The van der Waals surface area contributed by atoms with E-state index in [1.807, 2.05) is 0 Å². The van der Waals surface area contributed by atoms with Gasteiger partial charge in [-0.3, -0.25) is 0 Å². The zero-order valence-corrected chi connectivity index (χ0v) is 10.4. The molecule has 1 N–H and O–H groups in total. The fourth-order valence-electron chi connectivity index (χ4n) is 2.89. The van der Waals surface area contributed by atoms with E-state index in [1.54, 1.807) is 0 Å². The third-order valence-electron chi connectivity index (χ3n) is 3.79. The molecular formula is C15H22O. The monoisotopic (exact) mass is 218 g/mol. The zero-order valence-electron chi connectivity index (χ0n) is 10.4. The molecule has 0 heterocycles. The summed E-state index contributed by atoms with van der Waals surface area (Å²) >= 11 is 0. The summed E-state index contributed by atoms with van der Waals surface area (Å²) in [6.07, 6.45) is 6.37. The Labute approximate surface area is 98.5 Å². The second kappa shape index (κ2) is 5.01. The predicted octanol–water partition coefficient (Wildman–Crippen LogP) is 3.57. The number of benzene rings is 1. The van der Waals surface area contributed by atoms with Gasteiger partial charge in [0.2, 0.25) is 0 Å². The maximum Gasteiger partial charge on any atom is 0.0795 e. The molecule has 1 aliphatic carbocycles. The van der Waals surface area contributed by atoms with Crippen LogP contribution in [0.15, 0.2) is 12.1 Å². The highest BCUT2D eigenvalue weighted by Gasteiger charge is 2.20. The van der Waals surface area contributed by atoms with Crippen molar-refractivity contribution in [3.05, 3.63) is 34.4 Å². The Kier molecular flexibility index (Phi) is 3.65. The topological polar surface area (TPSA) is 20.2 Å². The van der Waals surface area contributed by atoms with Crippen molar-refractivity contribution in [2.24, 2.45) is 0 Å². The summed E-state index contributed by atoms with van der Waals surface area (Å²) in [7, 11) is 0. The van der Waals surface area contributed by atoms with Crippen LogP contribution in [-0.4, -0.2) is 5.11 Å². The quantitative estimate of drug-likeness (QED) is 0.752. The third-order valence-corrected chi connectivity index (χ3v) is 3.79. The summed E-state index contributed by atoms with van der Waals surface area (Å²) in [6.45, 7) is 4.39. The van der Waals surface area contributed by atoms with E-state index in [0.29, 0.717) is 0 Å². The smallest absolute Gasteiger partial charge is 0.0795 e. The lowest BCUT2D eigenvalue weighted by molar-refractivity contribution is 0.165. The molecule has 0 saturated carbocycles. The van der Waals surface area contributed by atoms with Crippen LogP contribution in [0.2, 0.25) is 0 Å². The Balaban J connectivity index is 2.56. The van der Waals surface area contributed by atoms with Crippen LogP contribution in [0.3, 0.4) is 0 Å². The highest BCUT2D eigenvalue weighted by molar-refractivity contribution is 5.43. The second-order valence-corrected chi connectivity index (χ2v) is 4.74. The van der Waals surface area contributed by atoms with Gasteiger partial charge < -0.3 is 5.11 Å². The Hall–Kier alpha value is -0.820. The fourth-order valence-corrected chi connectivity index (χ4v) is 2.89. The van der Waals surface area contributed by atoms with Gasteiger partial charge in [-0.05, 0) is 54.4 Å². The molecule has 0 bridgehead atoms. The number of aliphatic hydroxyl groups excluding tert-OH is 1. The van der Waals surface area contributed by atoms with E-state index >= 15 is 0 Å². The van der Waals surface area contributed by atoms with Gasteiger partial charge in [-0.15, -0.1) is 0 Å². The van der Waals surface area contributed by atoms with Crippen molar-refractivity contribution in [2.45, 2.75) is 58.5 Å². The van der Waals surface area contributed by atoms with Crippen LogP contribution in [0.5, 0.6) is 0 Å². The maximum atomic E-state index is 10.3. The van der Waals surface area contributed by atoms with Crippen LogP contribution in [0.1, 0.15) is 61.5 Å². The zero-order chi connectivity index (χ0) is 11.5. The number of aliphatic hydroxyl groups is 1. The number of aryl methyl sites for hydroxylation is 2. The molecule has 0 aliphatic heterocycles. The molecule has 1 heteroatoms. The highest BCUT2D eigenvalue weighted by Crippen LogP contribution is 2.33. The first kappa shape index (κ1) is 11.7. The van der Waals surface area contributed by atoms with Crippen molar-refractivity contribution >= 4 is 0 Å². The summed E-state index contributed by atoms with van der Waals surface area (Å²) in [4.78, 5) is 0. The molecule has 0 spiro atoms. The van der Waals surface area contributed by atoms with E-state index in [-0.39, 0.29) is 6.10 Å². The number of hydrogen-bond acceptors (Lipinski definition) is 1. The van der Waals surface area contributed by atoms with Gasteiger partial charge in [-0.25, -0.2) is 0 Å². The lowest BCUT2D eigenvalue weighted by Crippen LogP contribution is -2.06. The normalized spacial score (nSPS) is 20.3. The van der Waals surface area contributed by atoms with E-state index in [2.05, 4.69) is 26.0 Å². The largest absolute Gasteiger partial charge is 0.388 e. The van der Waals surface area contributed by atoms with Crippen molar-refractivity contribution in [2.75, 3.05) is 0 Å². The molecule has 1 nitrogen and oxygen atoms in total. The molecule has 1 aromatic carbocycles. The standard InChI is InChI=1S/C15H22O/c1-3-11-9-10-12(4-2)15-13(11)7-5-6-8-14(15)16/h9-10,14,16H,3-8H2,1-2H3/t14-/m1/s1. The van der Waals surface area contributed by atoms with Crippen LogP contribution >= 0.6 is 0 Å². The van der Waals surface area contributed by atoms with E-state index in [9.17, 15) is 5.11 Å². The van der Waals surface area contributed by atoms with E-state index in [0.717, 1.165) is 32.1 Å². The van der Waals surface area contributed by atoms with Crippen LogP contribution in [0.4, 0.5) is 0 Å². The van der Waals surface area contributed by atoms with Crippen LogP contribution in [-0.2, 0) is 19.3 Å². The maximum absolute atomic E-state index is 10.3. The van der Waals surface area contributed by atoms with Gasteiger partial charge in [0, 0.05) is 0 Å². The van der Waals surface area contributed by atoms with Crippen LogP contribution in [0, 0.1) is 0 Å². The lowest BCUT2D eigenvalue weighted by atomic mass is 9.89. The van der Waals surface area contributed by atoms with Gasteiger partial charge in [-0.1, -0.05) is 32.4 Å². The number of hydrogen-bond donors (Lipinski definition) is 1. The van der Waals surface area contributed by atoms with Gasteiger partial charge in [0.1, 0.15) is 0 Å². The van der Waals surface area contributed by atoms with Crippen molar-refractivity contribution in [1.29, 1.82) is 0 Å². The first-order valence-electron chi connectivity index (χ1n) is 6.59. The number of fused-ring (bicyclic) bond motifs is 1. The Morgan fingerprint density at radius 3 is 2.50 bits per heavy atom. The molecule has 0 amide bonds. The Bertz CT molecular complexity index is 368. The summed E-state index contributed by atoms with van der Waals surface area (Å²) < 4.78 is 0. The van der Waals surface area contributed by atoms with Gasteiger partial charge in [0.15, 0.2) is 0 Å². The van der Waals surface area contributed by atoms with Crippen LogP contribution < -0.4 is 0 Å². The minimum absolute atomic E-state index is 0.223. The molecule has 1 atom stereocenters. The Morgan fingerprint density at radius 2 is 1.81 bits per heavy atom. The van der Waals surface area contributed by atoms with E-state index in [4.69, 9.17) is 0 Å². The first-order valence-corrected chi connectivity index (χ1v) is 6.59. The minimum Gasteiger partial charge on any atom is -0.388 e. The van der Waals surface area contributed by atoms with Gasteiger partial charge in [0.25, 0.3) is 0 Å². The van der Waals surface area contributed by atoms with Crippen molar-refractivity contribution in [3.8, 4) is 0 Å². The average molecular weight is 218 g/mol. The summed E-state index contributed by atoms with van der Waals surface area (Å²) in [6, 6.07) is 4.47. The molecule has 16 heavy (non-hydrogen) atoms. The summed E-state index contributed by atoms with van der Waals surface area (Å²) in [5.74, 6) is 0. The average Bonchev–Trinajstić information content (AvgIpc) is 2.51. The molecule has 0 unspecified atom stereocenters. The fraction of sp³-hybridized carbons (Fsp3) is 0.600. The van der Waals surface area contributed by atoms with Gasteiger partial charge in [0.05, 0.1) is 6.10 Å². The Morgan fingerprint density at radius 1 is 1.12 bits per heavy atom. The predicted molar refractivity (Wildman–Crippen MR) is 67.7 cm³/mol. The second-order valence-electron chi connectivity index (χ2n) is 4.74. The molecule has 0 fully saturated rings. The molecule has 0 saturated heterocycles. The van der Waals surface area contributed by atoms with Crippen LogP contribution in [0.25, 0.3) is 0 Å². The van der Waals surface area contributed by atoms with Crippen molar-refractivity contribution < 1.29 is 5.11 Å². The molecule has 88 valence electrons. The SMILES string of the molecule is CCc1ccc(CC)c2c1CCCC[C@H]2O. The van der Waals surface area contributed by atoms with E-state index in [1.165, 1.54) is 28.7 Å². The number of rotatable bonds is 2. The third kappa shape index (κ3) is 2.01. The lowest BCUT2D eigenvalue weighted by Gasteiger charge is -2.19. The summed E-state index contributed by atoms with van der Waals surface area (Å²) in [5.41, 5.74) is 5.50. The molecule has 1 aromatic rings. The minimum atomic E-state index is -0.223. The summed E-state index contributed by atoms with van der Waals surface area (Å²) in [5, 5.41) is 10.3. The molecular weight excluding hydrogens is 196 g/mol. The molecule has 0 radical (unpaired) electrons. The molecule has 1 aliphatic rings. The van der Waals surface area contributed by atoms with E-state index < -0.39 is 0 Å².